The average molecular weight is 358 g/mol. The van der Waals surface area contributed by atoms with E-state index in [1.807, 2.05) is 19.1 Å². The number of hydrogen-bond acceptors (Lipinski definition) is 2. The number of hydrogen-bond donors (Lipinski definition) is 1. The maximum atomic E-state index is 13.7. The zero-order valence-corrected chi connectivity index (χ0v) is 13.4. The van der Waals surface area contributed by atoms with Crippen molar-refractivity contribution in [2.24, 2.45) is 0 Å². The molecule has 0 fully saturated rings. The first-order chi connectivity index (χ1) is 9.63. The van der Waals surface area contributed by atoms with E-state index in [2.05, 4.69) is 26.2 Å². The molecule has 2 rings (SSSR count). The molecule has 106 valence electrons. The molecule has 5 heteroatoms. The van der Waals surface area contributed by atoms with E-state index in [0.29, 0.717) is 15.9 Å². The van der Waals surface area contributed by atoms with Crippen LogP contribution in [-0.2, 0) is 6.42 Å². The summed E-state index contributed by atoms with van der Waals surface area (Å²) in [6, 6.07) is 6.95. The van der Waals surface area contributed by atoms with Crippen LogP contribution in [0.4, 0.5) is 4.39 Å². The third-order valence-corrected chi connectivity index (χ3v) is 4.26. The Morgan fingerprint density at radius 2 is 2.20 bits per heavy atom. The molecular formula is C15H15BrClFN2. The van der Waals surface area contributed by atoms with Crippen LogP contribution in [0.2, 0.25) is 5.02 Å². The van der Waals surface area contributed by atoms with E-state index in [0.717, 1.165) is 17.7 Å². The van der Waals surface area contributed by atoms with Gasteiger partial charge in [0, 0.05) is 18.4 Å². The Kier molecular flexibility index (Phi) is 5.52. The third kappa shape index (κ3) is 3.57. The van der Waals surface area contributed by atoms with Crippen LogP contribution in [0.25, 0.3) is 0 Å². The normalized spacial score (nSPS) is 12.4. The quantitative estimate of drug-likeness (QED) is 0.850. The van der Waals surface area contributed by atoms with Gasteiger partial charge in [0.1, 0.15) is 5.82 Å². The van der Waals surface area contributed by atoms with Crippen LogP contribution in [-0.4, -0.2) is 11.5 Å². The summed E-state index contributed by atoms with van der Waals surface area (Å²) in [5.41, 5.74) is 1.88. The number of rotatable bonds is 5. The number of nitrogens with one attached hydrogen (secondary N) is 1. The molecule has 0 saturated heterocycles. The highest BCUT2D eigenvalue weighted by Gasteiger charge is 2.17. The largest absolute Gasteiger partial charge is 0.310 e. The van der Waals surface area contributed by atoms with Crippen molar-refractivity contribution in [1.82, 2.24) is 10.3 Å². The number of benzene rings is 1. The summed E-state index contributed by atoms with van der Waals surface area (Å²) in [4.78, 5) is 3.98. The predicted molar refractivity (Wildman–Crippen MR) is 83.5 cm³/mol. The fraction of sp³-hybridized carbons (Fsp3) is 0.267. The number of likely N-dealkylation sites (N-methyl/N-ethyl adjacent to an activating group) is 1. The zero-order valence-electron chi connectivity index (χ0n) is 11.0. The summed E-state index contributed by atoms with van der Waals surface area (Å²) in [6.07, 6.45) is 4.02. The maximum absolute atomic E-state index is 13.7. The summed E-state index contributed by atoms with van der Waals surface area (Å²) in [5.74, 6) is -0.258. The van der Waals surface area contributed by atoms with Crippen molar-refractivity contribution < 1.29 is 4.39 Å². The second-order valence-corrected chi connectivity index (χ2v) is 5.62. The van der Waals surface area contributed by atoms with Crippen molar-refractivity contribution in [2.75, 3.05) is 6.54 Å². The molecule has 2 nitrogen and oxygen atoms in total. The van der Waals surface area contributed by atoms with Crippen LogP contribution in [0, 0.1) is 5.82 Å². The molecule has 2 aromatic rings. The van der Waals surface area contributed by atoms with Crippen molar-refractivity contribution in [3.05, 3.63) is 63.1 Å². The van der Waals surface area contributed by atoms with E-state index >= 15 is 0 Å². The molecular weight excluding hydrogens is 343 g/mol. The van der Waals surface area contributed by atoms with Gasteiger partial charge in [0.05, 0.1) is 9.50 Å². The molecule has 0 aliphatic carbocycles. The highest BCUT2D eigenvalue weighted by Crippen LogP contribution is 2.29. The van der Waals surface area contributed by atoms with E-state index in [4.69, 9.17) is 11.6 Å². The van der Waals surface area contributed by atoms with Crippen molar-refractivity contribution >= 4 is 27.5 Å². The molecule has 0 amide bonds. The van der Waals surface area contributed by atoms with Crippen LogP contribution in [0.5, 0.6) is 0 Å². The Labute approximate surface area is 131 Å². The van der Waals surface area contributed by atoms with Crippen molar-refractivity contribution in [1.29, 1.82) is 0 Å². The van der Waals surface area contributed by atoms with Crippen molar-refractivity contribution in [3.8, 4) is 0 Å². The van der Waals surface area contributed by atoms with Crippen molar-refractivity contribution in [2.45, 2.75) is 19.4 Å². The summed E-state index contributed by atoms with van der Waals surface area (Å²) >= 11 is 9.47. The van der Waals surface area contributed by atoms with Crippen LogP contribution >= 0.6 is 27.5 Å². The van der Waals surface area contributed by atoms with E-state index in [9.17, 15) is 4.39 Å². The Hall–Kier alpha value is -0.970. The number of aromatic nitrogens is 1. The SMILES string of the molecule is CCNC(Cc1ccncc1Cl)c1cccc(F)c1Br. The third-order valence-electron chi connectivity index (χ3n) is 3.09. The maximum Gasteiger partial charge on any atom is 0.137 e. The van der Waals surface area contributed by atoms with Gasteiger partial charge >= 0.3 is 0 Å². The van der Waals surface area contributed by atoms with Gasteiger partial charge in [-0.3, -0.25) is 4.98 Å². The fourth-order valence-corrected chi connectivity index (χ4v) is 2.85. The molecule has 20 heavy (non-hydrogen) atoms. The lowest BCUT2D eigenvalue weighted by atomic mass is 9.99. The Balaban J connectivity index is 2.32. The minimum Gasteiger partial charge on any atom is -0.310 e. The first kappa shape index (κ1) is 15.4. The standard InChI is InChI=1S/C15H15BrClFN2/c1-2-20-14(8-10-6-7-19-9-12(10)17)11-4-3-5-13(18)15(11)16/h3-7,9,14,20H,2,8H2,1H3. The molecule has 0 radical (unpaired) electrons. The van der Waals surface area contributed by atoms with Crippen LogP contribution in [0.1, 0.15) is 24.1 Å². The molecule has 0 bridgehead atoms. The topological polar surface area (TPSA) is 24.9 Å². The van der Waals surface area contributed by atoms with Crippen LogP contribution < -0.4 is 5.32 Å². The molecule has 0 spiro atoms. The van der Waals surface area contributed by atoms with Crippen molar-refractivity contribution in [3.63, 3.8) is 0 Å². The van der Waals surface area contributed by atoms with E-state index in [1.54, 1.807) is 18.5 Å². The molecule has 1 N–H and O–H groups in total. The van der Waals surface area contributed by atoms with E-state index < -0.39 is 0 Å². The van der Waals surface area contributed by atoms with Gasteiger partial charge in [-0.15, -0.1) is 0 Å². The molecule has 1 aromatic heterocycles. The fourth-order valence-electron chi connectivity index (χ4n) is 2.12. The van der Waals surface area contributed by atoms with Gasteiger partial charge in [-0.25, -0.2) is 4.39 Å². The lowest BCUT2D eigenvalue weighted by molar-refractivity contribution is 0.538. The van der Waals surface area contributed by atoms with Gasteiger partial charge in [-0.1, -0.05) is 30.7 Å². The van der Waals surface area contributed by atoms with Gasteiger partial charge in [0.15, 0.2) is 0 Å². The minimum atomic E-state index is -0.258. The van der Waals surface area contributed by atoms with Gasteiger partial charge in [-0.05, 0) is 52.2 Å². The van der Waals surface area contributed by atoms with E-state index in [1.165, 1.54) is 6.07 Å². The Morgan fingerprint density at radius 1 is 1.40 bits per heavy atom. The molecule has 1 aromatic carbocycles. The van der Waals surface area contributed by atoms with Crippen LogP contribution in [0.3, 0.4) is 0 Å². The summed E-state index contributed by atoms with van der Waals surface area (Å²) < 4.78 is 14.2. The summed E-state index contributed by atoms with van der Waals surface area (Å²) in [7, 11) is 0. The number of nitrogens with zero attached hydrogens (tertiary/aromatic N) is 1. The molecule has 1 atom stereocenters. The second kappa shape index (κ2) is 7.16. The lowest BCUT2D eigenvalue weighted by Gasteiger charge is -2.20. The number of pyridine rings is 1. The Morgan fingerprint density at radius 3 is 2.90 bits per heavy atom. The molecule has 0 aliphatic heterocycles. The van der Waals surface area contributed by atoms with E-state index in [-0.39, 0.29) is 11.9 Å². The van der Waals surface area contributed by atoms with Gasteiger partial charge < -0.3 is 5.32 Å². The zero-order chi connectivity index (χ0) is 14.5. The smallest absolute Gasteiger partial charge is 0.137 e. The molecule has 1 unspecified atom stereocenters. The molecule has 1 heterocycles. The van der Waals surface area contributed by atoms with Crippen LogP contribution in [0.15, 0.2) is 41.1 Å². The lowest BCUT2D eigenvalue weighted by Crippen LogP contribution is -2.23. The average Bonchev–Trinajstić information content (AvgIpc) is 2.44. The van der Waals surface area contributed by atoms with Gasteiger partial charge in [-0.2, -0.15) is 0 Å². The number of halogens is 3. The monoisotopic (exact) mass is 356 g/mol. The molecule has 0 saturated carbocycles. The Bertz CT molecular complexity index is 592. The highest BCUT2D eigenvalue weighted by atomic mass is 79.9. The van der Waals surface area contributed by atoms with Gasteiger partial charge in [0.2, 0.25) is 0 Å². The second-order valence-electron chi connectivity index (χ2n) is 4.42. The summed E-state index contributed by atoms with van der Waals surface area (Å²) in [5, 5.41) is 3.99. The highest BCUT2D eigenvalue weighted by molar-refractivity contribution is 9.10. The summed E-state index contributed by atoms with van der Waals surface area (Å²) in [6.45, 7) is 2.81. The first-order valence-electron chi connectivity index (χ1n) is 6.39. The predicted octanol–water partition coefficient (Wildman–Crippen LogP) is 4.53. The molecule has 0 aliphatic rings. The minimum absolute atomic E-state index is 0.00928. The first-order valence-corrected chi connectivity index (χ1v) is 7.56. The van der Waals surface area contributed by atoms with Gasteiger partial charge in [0.25, 0.3) is 0 Å².